The number of carbonyl (C=O) groups is 7. The van der Waals surface area contributed by atoms with E-state index in [1.165, 1.54) is 4.90 Å². The third kappa shape index (κ3) is 14.5. The number of hydrogen-bond acceptors (Lipinski definition) is 12. The number of urea groups is 2. The third-order valence-electron chi connectivity index (χ3n) is 11.6. The summed E-state index contributed by atoms with van der Waals surface area (Å²) in [5.41, 5.74) is 2.80. The summed E-state index contributed by atoms with van der Waals surface area (Å²) in [4.78, 5) is 82.1. The molecule has 7 atom stereocenters. The molecule has 4 aliphatic rings. The molecule has 14 nitrogen and oxygen atoms in total. The molecule has 4 aliphatic heterocycles. The van der Waals surface area contributed by atoms with Crippen LogP contribution in [0.3, 0.4) is 0 Å². The molecule has 8 rings (SSSR count). The van der Waals surface area contributed by atoms with Gasteiger partial charge >= 0.3 is 24.0 Å². The molecule has 16 heteroatoms. The Balaban J connectivity index is 0.000000188. The fraction of sp³-hybridized carbons (Fsp3) is 0.380. The minimum Gasteiger partial charge on any atom is -0.461 e. The second-order valence-corrected chi connectivity index (χ2v) is 18.7. The van der Waals surface area contributed by atoms with Crippen LogP contribution in [0.1, 0.15) is 83.2 Å². The molecular formula is C50H56N4O10S2. The topological polar surface area (TPSA) is 198 Å². The molecule has 7 unspecified atom stereocenters. The molecule has 4 fully saturated rings. The Hall–Kier alpha value is -5.97. The van der Waals surface area contributed by atoms with Crippen LogP contribution in [0.25, 0.3) is 0 Å². The molecule has 0 aromatic heterocycles. The van der Waals surface area contributed by atoms with E-state index in [-0.39, 0.29) is 54.0 Å². The quantitative estimate of drug-likeness (QED) is 0.0190. The van der Waals surface area contributed by atoms with Gasteiger partial charge in [-0.2, -0.15) is 23.5 Å². The Kier molecular flexibility index (Phi) is 19.2. The highest BCUT2D eigenvalue weighted by atomic mass is 32.2. The van der Waals surface area contributed by atoms with Gasteiger partial charge in [0.1, 0.15) is 13.2 Å². The van der Waals surface area contributed by atoms with Gasteiger partial charge in [0.15, 0.2) is 12.5 Å². The van der Waals surface area contributed by atoms with Crippen molar-refractivity contribution in [1.82, 2.24) is 20.9 Å². The van der Waals surface area contributed by atoms with Gasteiger partial charge in [0, 0.05) is 46.0 Å². The summed E-state index contributed by atoms with van der Waals surface area (Å²) >= 11 is 3.65. The molecule has 66 heavy (non-hydrogen) atoms. The van der Waals surface area contributed by atoms with E-state index in [9.17, 15) is 38.7 Å². The second-order valence-electron chi connectivity index (χ2n) is 16.2. The maximum atomic E-state index is 12.6. The van der Waals surface area contributed by atoms with Gasteiger partial charge in [0.25, 0.3) is 0 Å². The average molecular weight is 937 g/mol. The fourth-order valence-corrected chi connectivity index (χ4v) is 11.2. The fourth-order valence-electron chi connectivity index (χ4n) is 8.08. The van der Waals surface area contributed by atoms with E-state index < -0.39 is 23.8 Å². The maximum absolute atomic E-state index is 12.6. The summed E-state index contributed by atoms with van der Waals surface area (Å²) in [6, 6.07) is 36.0. The molecule has 4 saturated heterocycles. The molecule has 0 spiro atoms. The number of aldehydes is 1. The number of nitrogens with one attached hydrogen (secondary N) is 3. The van der Waals surface area contributed by atoms with Crippen LogP contribution in [-0.4, -0.2) is 104 Å². The van der Waals surface area contributed by atoms with Crippen molar-refractivity contribution >= 4 is 65.4 Å². The standard InChI is InChI=1S/C25H28N2O5S.C17H22N2O3S.C8H6O2/c28-21(32-15-17-9-3-1-4-10-17)14-8-7-13-20-22-19(16-33-20)27(25(31)26-22)24(30)23(29)18-11-5-2-6-12-18;20-15(22-10-12-6-2-1-3-7-12)9-5-4-8-14-16-13(11-23-14)18-17(21)19-16;9-6-8(10)7-4-2-1-3-5-7/h1-6,9-12,19-20,22,24,30H,7-8,13-16H2,(H,26,31);1-3,6-7,13-14,16H,4-5,8-11H2,(H2,18,19,21);1-6H. The van der Waals surface area contributed by atoms with Crippen molar-refractivity contribution in [3.05, 3.63) is 144 Å². The SMILES string of the molecule is O=C(CCCCC1SCC2C1NC(=O)N2C(O)C(=O)c1ccccc1)OCc1ccccc1.O=C1NC2CSC(CCCCC(=O)OCc3ccccc3)C2N1.O=CC(=O)c1ccccc1. The number of esters is 2. The van der Waals surface area contributed by atoms with Crippen LogP contribution in [0, 0.1) is 0 Å². The summed E-state index contributed by atoms with van der Waals surface area (Å²) < 4.78 is 10.6. The van der Waals surface area contributed by atoms with Gasteiger partial charge in [-0.3, -0.25) is 28.9 Å². The van der Waals surface area contributed by atoms with Gasteiger partial charge in [-0.25, -0.2) is 9.59 Å². The summed E-state index contributed by atoms with van der Waals surface area (Å²) in [5.74, 6) is 0.342. The number of aliphatic hydroxyl groups excluding tert-OH is 1. The van der Waals surface area contributed by atoms with Gasteiger partial charge < -0.3 is 30.5 Å². The zero-order valence-electron chi connectivity index (χ0n) is 36.5. The van der Waals surface area contributed by atoms with Crippen molar-refractivity contribution in [2.24, 2.45) is 0 Å². The number of amides is 4. The zero-order chi connectivity index (χ0) is 46.7. The lowest BCUT2D eigenvalue weighted by Crippen LogP contribution is -2.48. The van der Waals surface area contributed by atoms with E-state index in [1.54, 1.807) is 72.4 Å². The van der Waals surface area contributed by atoms with Crippen LogP contribution in [0.5, 0.6) is 0 Å². The molecule has 348 valence electrons. The third-order valence-corrected chi connectivity index (χ3v) is 14.6. The first kappa shape index (κ1) is 49.5. The minimum absolute atomic E-state index is 0.0465. The lowest BCUT2D eigenvalue weighted by atomic mass is 10.0. The Morgan fingerprint density at radius 3 is 1.65 bits per heavy atom. The Bertz CT molecular complexity index is 2220. The van der Waals surface area contributed by atoms with E-state index in [0.717, 1.165) is 55.4 Å². The highest BCUT2D eigenvalue weighted by Crippen LogP contribution is 2.38. The summed E-state index contributed by atoms with van der Waals surface area (Å²) in [6.07, 6.45) is 4.88. The number of carbonyl (C=O) groups excluding carboxylic acids is 7. The van der Waals surface area contributed by atoms with Crippen LogP contribution in [0.4, 0.5) is 9.59 Å². The number of benzene rings is 4. The number of ketones is 2. The van der Waals surface area contributed by atoms with E-state index in [1.807, 2.05) is 72.4 Å². The van der Waals surface area contributed by atoms with E-state index in [2.05, 4.69) is 16.0 Å². The molecule has 4 N–H and O–H groups in total. The predicted octanol–water partition coefficient (Wildman–Crippen LogP) is 6.89. The van der Waals surface area contributed by atoms with Gasteiger partial charge in [-0.1, -0.05) is 134 Å². The van der Waals surface area contributed by atoms with Crippen LogP contribution in [-0.2, 0) is 37.1 Å². The van der Waals surface area contributed by atoms with Crippen molar-refractivity contribution in [3.63, 3.8) is 0 Å². The van der Waals surface area contributed by atoms with Crippen molar-refractivity contribution < 1.29 is 48.1 Å². The van der Waals surface area contributed by atoms with Crippen molar-refractivity contribution in [2.75, 3.05) is 11.5 Å². The van der Waals surface area contributed by atoms with Gasteiger partial charge in [-0.15, -0.1) is 0 Å². The predicted molar refractivity (Wildman–Crippen MR) is 253 cm³/mol. The number of aliphatic hydroxyl groups is 1. The number of rotatable bonds is 19. The van der Waals surface area contributed by atoms with E-state index >= 15 is 0 Å². The summed E-state index contributed by atoms with van der Waals surface area (Å²) in [7, 11) is 0. The van der Waals surface area contributed by atoms with Crippen molar-refractivity contribution in [2.45, 2.75) is 105 Å². The van der Waals surface area contributed by atoms with Crippen LogP contribution < -0.4 is 16.0 Å². The molecule has 0 bridgehead atoms. The first-order valence-electron chi connectivity index (χ1n) is 22.2. The monoisotopic (exact) mass is 936 g/mol. The summed E-state index contributed by atoms with van der Waals surface area (Å²) in [5, 5.41) is 20.2. The molecule has 0 aliphatic carbocycles. The van der Waals surface area contributed by atoms with E-state index in [4.69, 9.17) is 9.47 Å². The van der Waals surface area contributed by atoms with Crippen molar-refractivity contribution in [1.29, 1.82) is 0 Å². The molecular weight excluding hydrogens is 881 g/mol. The summed E-state index contributed by atoms with van der Waals surface area (Å²) in [6.45, 7) is 0.632. The number of ether oxygens (including phenoxy) is 2. The second kappa shape index (κ2) is 25.7. The first-order valence-corrected chi connectivity index (χ1v) is 24.3. The van der Waals surface area contributed by atoms with Crippen LogP contribution >= 0.6 is 23.5 Å². The Morgan fingerprint density at radius 1 is 0.636 bits per heavy atom. The minimum atomic E-state index is -1.50. The zero-order valence-corrected chi connectivity index (χ0v) is 38.2. The number of nitrogens with zero attached hydrogens (tertiary/aromatic N) is 1. The number of thioether (sulfide) groups is 2. The first-order chi connectivity index (χ1) is 32.1. The number of fused-ring (bicyclic) bond motifs is 2. The molecule has 4 aromatic carbocycles. The lowest BCUT2D eigenvalue weighted by Gasteiger charge is -2.26. The van der Waals surface area contributed by atoms with E-state index in [0.29, 0.717) is 47.9 Å². The van der Waals surface area contributed by atoms with Gasteiger partial charge in [0.05, 0.1) is 24.2 Å². The molecule has 0 saturated carbocycles. The lowest BCUT2D eigenvalue weighted by molar-refractivity contribution is -0.146. The highest BCUT2D eigenvalue weighted by Gasteiger charge is 2.51. The number of hydrogen-bond donors (Lipinski definition) is 4. The Morgan fingerprint density at radius 2 is 1.12 bits per heavy atom. The smallest absolute Gasteiger partial charge is 0.320 e. The molecule has 0 radical (unpaired) electrons. The van der Waals surface area contributed by atoms with Gasteiger partial charge in [-0.05, 0) is 36.8 Å². The van der Waals surface area contributed by atoms with Gasteiger partial charge in [0.2, 0.25) is 11.6 Å². The normalized spacial score (nSPS) is 21.5. The van der Waals surface area contributed by atoms with Crippen LogP contribution in [0.2, 0.25) is 0 Å². The largest absolute Gasteiger partial charge is 0.461 e. The molecule has 4 heterocycles. The molecule has 4 amide bonds. The molecule has 4 aromatic rings. The maximum Gasteiger partial charge on any atom is 0.320 e. The van der Waals surface area contributed by atoms with Crippen molar-refractivity contribution in [3.8, 4) is 0 Å². The average Bonchev–Trinajstić information content (AvgIpc) is 4.12. The van der Waals surface area contributed by atoms with Crippen LogP contribution in [0.15, 0.2) is 121 Å². The highest BCUT2D eigenvalue weighted by molar-refractivity contribution is 8.00. The number of Topliss-reactive ketones (excluding diaryl/α,β-unsaturated/α-hetero) is 2. The Labute approximate surface area is 393 Å². The number of unbranched alkanes of at least 4 members (excludes halogenated alkanes) is 2.